The van der Waals surface area contributed by atoms with Crippen molar-refractivity contribution >= 4 is 56.5 Å². The number of esters is 1. The van der Waals surface area contributed by atoms with Gasteiger partial charge in [-0.15, -0.1) is 11.8 Å². The maximum atomic E-state index is 13.0. The average Bonchev–Trinajstić information content (AvgIpc) is 3.32. The second-order valence-corrected chi connectivity index (χ2v) is 10.0. The van der Waals surface area contributed by atoms with E-state index in [2.05, 4.69) is 21.2 Å². The van der Waals surface area contributed by atoms with E-state index in [-0.39, 0.29) is 26.3 Å². The van der Waals surface area contributed by atoms with Gasteiger partial charge in [-0.1, -0.05) is 18.2 Å². The molecule has 2 aromatic carbocycles. The summed E-state index contributed by atoms with van der Waals surface area (Å²) in [5, 5.41) is 13.4. The topological polar surface area (TPSA) is 110 Å². The molecule has 1 aliphatic heterocycles. The number of aliphatic hydroxyl groups excluding tert-OH is 1. The van der Waals surface area contributed by atoms with Crippen LogP contribution >= 0.6 is 27.7 Å². The molecule has 0 spiro atoms. The highest BCUT2D eigenvalue weighted by molar-refractivity contribution is 9.10. The highest BCUT2D eigenvalue weighted by Gasteiger charge is 2.30. The Morgan fingerprint density at radius 3 is 2.67 bits per heavy atom. The van der Waals surface area contributed by atoms with E-state index in [1.165, 1.54) is 0 Å². The lowest BCUT2D eigenvalue weighted by atomic mass is 10.1. The van der Waals surface area contributed by atoms with Gasteiger partial charge in [0, 0.05) is 28.8 Å². The van der Waals surface area contributed by atoms with E-state index < -0.39 is 24.0 Å². The smallest absolute Gasteiger partial charge is 0.340 e. The van der Waals surface area contributed by atoms with Crippen molar-refractivity contribution in [2.75, 3.05) is 26.3 Å². The molecular weight excluding hydrogens is 550 g/mol. The first-order valence-electron chi connectivity index (χ1n) is 11.3. The van der Waals surface area contributed by atoms with E-state index in [0.717, 1.165) is 21.0 Å². The van der Waals surface area contributed by atoms with E-state index in [9.17, 15) is 19.5 Å². The Kier molecular flexibility index (Phi) is 8.22. The molecule has 1 aromatic heterocycles. The van der Waals surface area contributed by atoms with Crippen molar-refractivity contribution < 1.29 is 29.0 Å². The van der Waals surface area contributed by atoms with Crippen LogP contribution < -0.4 is 10.1 Å². The Balaban J connectivity index is 1.60. The molecule has 1 unspecified atom stereocenters. The van der Waals surface area contributed by atoms with Crippen LogP contribution in [0.1, 0.15) is 23.0 Å². The van der Waals surface area contributed by atoms with Crippen LogP contribution in [0.5, 0.6) is 5.75 Å². The average molecular weight is 576 g/mol. The predicted molar refractivity (Wildman–Crippen MR) is 139 cm³/mol. The summed E-state index contributed by atoms with van der Waals surface area (Å²) in [6, 6.07) is 13.0. The molecule has 0 radical (unpaired) electrons. The lowest BCUT2D eigenvalue weighted by molar-refractivity contribution is -0.126. The number of nitrogens with zero attached hydrogens (tertiary/aromatic N) is 2. The van der Waals surface area contributed by atoms with Gasteiger partial charge in [0.05, 0.1) is 35.2 Å². The zero-order chi connectivity index (χ0) is 25.8. The number of carbonyl (C=O) groups excluding carboxylic acids is 3. The number of rotatable bonds is 10. The van der Waals surface area contributed by atoms with Crippen LogP contribution in [0.2, 0.25) is 0 Å². The van der Waals surface area contributed by atoms with Gasteiger partial charge < -0.3 is 24.5 Å². The number of imide groups is 1. The Morgan fingerprint density at radius 2 is 2.00 bits per heavy atom. The summed E-state index contributed by atoms with van der Waals surface area (Å²) >= 11 is 5.14. The molecule has 0 bridgehead atoms. The number of hydrogen-bond acceptors (Lipinski definition) is 7. The fourth-order valence-corrected chi connectivity index (χ4v) is 5.39. The van der Waals surface area contributed by atoms with E-state index in [0.29, 0.717) is 26.9 Å². The lowest BCUT2D eigenvalue weighted by Crippen LogP contribution is -2.39. The highest BCUT2D eigenvalue weighted by Crippen LogP contribution is 2.37. The number of benzene rings is 2. The van der Waals surface area contributed by atoms with Gasteiger partial charge in [-0.3, -0.25) is 9.69 Å². The van der Waals surface area contributed by atoms with Crippen LogP contribution in [0.4, 0.5) is 4.79 Å². The SMILES string of the molecule is CCOC(=O)c1c(CSc2ccccc2)n(C)c2cc(Br)c(OCC(O)CN3C(=O)CNC3=O)cc12. The molecule has 1 atom stereocenters. The number of hydrogen-bond donors (Lipinski definition) is 2. The monoisotopic (exact) mass is 575 g/mol. The summed E-state index contributed by atoms with van der Waals surface area (Å²) in [5.74, 6) is 0.156. The van der Waals surface area contributed by atoms with Crippen LogP contribution in [0.15, 0.2) is 51.8 Å². The van der Waals surface area contributed by atoms with Gasteiger partial charge in [0.2, 0.25) is 5.91 Å². The molecule has 0 aliphatic carbocycles. The number of aromatic nitrogens is 1. The minimum absolute atomic E-state index is 0.0792. The van der Waals surface area contributed by atoms with E-state index >= 15 is 0 Å². The molecular formula is C25H26BrN3O6S. The molecule has 3 amide bonds. The number of aliphatic hydroxyl groups is 1. The summed E-state index contributed by atoms with van der Waals surface area (Å²) in [6.45, 7) is 1.60. The van der Waals surface area contributed by atoms with E-state index in [4.69, 9.17) is 9.47 Å². The Hall–Kier alpha value is -3.02. The first-order valence-corrected chi connectivity index (χ1v) is 13.1. The van der Waals surface area contributed by atoms with Gasteiger partial charge in [0.1, 0.15) is 18.5 Å². The molecule has 1 aliphatic rings. The van der Waals surface area contributed by atoms with Crippen LogP contribution in [0, 0.1) is 0 Å². The van der Waals surface area contributed by atoms with Gasteiger partial charge >= 0.3 is 12.0 Å². The first kappa shape index (κ1) is 26.1. The minimum atomic E-state index is -1.08. The van der Waals surface area contributed by atoms with E-state index in [1.807, 2.05) is 48.0 Å². The molecule has 3 aromatic rings. The molecule has 0 saturated carbocycles. The van der Waals surface area contributed by atoms with Gasteiger partial charge in [-0.25, -0.2) is 9.59 Å². The number of halogens is 1. The van der Waals surface area contributed by atoms with Gasteiger partial charge in [0.25, 0.3) is 0 Å². The zero-order valence-electron chi connectivity index (χ0n) is 19.8. The molecule has 36 heavy (non-hydrogen) atoms. The molecule has 9 nitrogen and oxygen atoms in total. The normalized spacial score (nSPS) is 14.3. The Morgan fingerprint density at radius 1 is 1.25 bits per heavy atom. The Bertz CT molecular complexity index is 1280. The second-order valence-electron chi connectivity index (χ2n) is 8.13. The predicted octanol–water partition coefficient (Wildman–Crippen LogP) is 3.70. The van der Waals surface area contributed by atoms with Crippen molar-refractivity contribution in [1.29, 1.82) is 0 Å². The van der Waals surface area contributed by atoms with Crippen molar-refractivity contribution in [3.63, 3.8) is 0 Å². The van der Waals surface area contributed by atoms with Crippen molar-refractivity contribution in [3.05, 3.63) is 58.2 Å². The van der Waals surface area contributed by atoms with Crippen molar-refractivity contribution in [1.82, 2.24) is 14.8 Å². The van der Waals surface area contributed by atoms with Crippen LogP contribution in [-0.2, 0) is 22.3 Å². The lowest BCUT2D eigenvalue weighted by Gasteiger charge is -2.18. The van der Waals surface area contributed by atoms with Crippen molar-refractivity contribution in [2.24, 2.45) is 7.05 Å². The molecule has 190 valence electrons. The quantitative estimate of drug-likeness (QED) is 0.215. The fraction of sp³-hybridized carbons (Fsp3) is 0.320. The number of thioether (sulfide) groups is 1. The second kappa shape index (κ2) is 11.4. The molecule has 4 rings (SSSR count). The minimum Gasteiger partial charge on any atom is -0.490 e. The number of nitrogens with one attached hydrogen (secondary N) is 1. The van der Waals surface area contributed by atoms with Crippen LogP contribution in [0.25, 0.3) is 10.9 Å². The third-order valence-corrected chi connectivity index (χ3v) is 7.38. The summed E-state index contributed by atoms with van der Waals surface area (Å²) in [4.78, 5) is 38.5. The number of aryl methyl sites for hydroxylation is 1. The fourth-order valence-electron chi connectivity index (χ4n) is 3.96. The largest absolute Gasteiger partial charge is 0.490 e. The number of carbonyl (C=O) groups is 3. The highest BCUT2D eigenvalue weighted by atomic mass is 79.9. The summed E-state index contributed by atoms with van der Waals surface area (Å²) < 4.78 is 13.8. The maximum absolute atomic E-state index is 13.0. The maximum Gasteiger partial charge on any atom is 0.340 e. The molecule has 2 heterocycles. The molecule has 1 saturated heterocycles. The number of amides is 3. The molecule has 11 heteroatoms. The summed E-state index contributed by atoms with van der Waals surface area (Å²) in [6.07, 6.45) is -1.08. The molecule has 2 N–H and O–H groups in total. The number of fused-ring (bicyclic) bond motifs is 1. The Labute approximate surface area is 220 Å². The van der Waals surface area contributed by atoms with E-state index in [1.54, 1.807) is 24.8 Å². The first-order chi connectivity index (χ1) is 17.3. The van der Waals surface area contributed by atoms with Gasteiger partial charge in [0.15, 0.2) is 0 Å². The van der Waals surface area contributed by atoms with Gasteiger partial charge in [-0.2, -0.15) is 0 Å². The van der Waals surface area contributed by atoms with Crippen molar-refractivity contribution in [2.45, 2.75) is 23.7 Å². The number of urea groups is 1. The van der Waals surface area contributed by atoms with Gasteiger partial charge in [-0.05, 0) is 47.1 Å². The standard InChI is InChI=1S/C25H26BrN3O6S/c1-3-34-24(32)23-17-9-21(35-13-15(30)12-29-22(31)11-27-25(29)33)18(26)10-19(17)28(2)20(23)14-36-16-7-5-4-6-8-16/h4-10,15,30H,3,11-14H2,1-2H3,(H,27,33). The van der Waals surface area contributed by atoms with Crippen molar-refractivity contribution in [3.8, 4) is 5.75 Å². The summed E-state index contributed by atoms with van der Waals surface area (Å²) in [7, 11) is 1.90. The third kappa shape index (κ3) is 5.53. The zero-order valence-corrected chi connectivity index (χ0v) is 22.2. The van der Waals surface area contributed by atoms with Crippen LogP contribution in [-0.4, -0.2) is 64.9 Å². The third-order valence-electron chi connectivity index (χ3n) is 5.73. The number of β-amino-alcohol motifs (C(OH)–C–C–N with tert-alkyl or cyclic N) is 1. The van der Waals surface area contributed by atoms with Crippen LogP contribution in [0.3, 0.4) is 0 Å². The summed E-state index contributed by atoms with van der Waals surface area (Å²) in [5.41, 5.74) is 2.11. The number of ether oxygens (including phenoxy) is 2. The molecule has 1 fully saturated rings.